The molecule has 1 aromatic heterocycles. The molecule has 1 N–H and O–H groups in total. The number of nitrogens with zero attached hydrogens (tertiary/aromatic N) is 3. The topological polar surface area (TPSA) is 93.5 Å². The Bertz CT molecular complexity index is 880. The first-order chi connectivity index (χ1) is 12.3. The second kappa shape index (κ2) is 7.36. The summed E-state index contributed by atoms with van der Waals surface area (Å²) >= 11 is 0. The average Bonchev–Trinajstić information content (AvgIpc) is 3.10. The Hall–Kier alpha value is -2.55. The summed E-state index contributed by atoms with van der Waals surface area (Å²) in [4.78, 5) is 16.4. The first kappa shape index (κ1) is 18.2. The van der Waals surface area contributed by atoms with Gasteiger partial charge in [0.05, 0.1) is 24.8 Å². The Morgan fingerprint density at radius 3 is 2.92 bits per heavy atom. The number of ether oxygens (including phenoxy) is 1. The molecule has 0 fully saturated rings. The summed E-state index contributed by atoms with van der Waals surface area (Å²) in [6.45, 7) is 3.04. The molecular weight excluding hydrogens is 356 g/mol. The number of hydrogen-bond donors (Lipinski definition) is 1. The summed E-state index contributed by atoms with van der Waals surface area (Å²) in [5, 5.41) is 2.81. The Balaban J connectivity index is 1.65. The van der Waals surface area contributed by atoms with Gasteiger partial charge in [0.1, 0.15) is 5.75 Å². The zero-order valence-electron chi connectivity index (χ0n) is 14.8. The van der Waals surface area contributed by atoms with Gasteiger partial charge in [0, 0.05) is 25.5 Å². The molecule has 26 heavy (non-hydrogen) atoms. The second-order valence-electron chi connectivity index (χ2n) is 6.32. The van der Waals surface area contributed by atoms with E-state index >= 15 is 0 Å². The van der Waals surface area contributed by atoms with Crippen LogP contribution in [0.25, 0.3) is 0 Å². The minimum absolute atomic E-state index is 0.0390. The summed E-state index contributed by atoms with van der Waals surface area (Å²) in [5.41, 5.74) is 1.39. The molecule has 1 aliphatic rings. The lowest BCUT2D eigenvalue weighted by Crippen LogP contribution is -2.50. The molecular formula is C17H22N4O4S. The van der Waals surface area contributed by atoms with Crippen LogP contribution in [0.5, 0.6) is 5.75 Å². The van der Waals surface area contributed by atoms with Crippen LogP contribution in [0.1, 0.15) is 12.0 Å². The third-order valence-electron chi connectivity index (χ3n) is 4.13. The molecule has 1 amide bonds. The van der Waals surface area contributed by atoms with Crippen LogP contribution in [0, 0.1) is 6.92 Å². The van der Waals surface area contributed by atoms with Gasteiger partial charge in [-0.2, -0.15) is 0 Å². The number of fused-ring (bicyclic) bond motifs is 1. The molecule has 9 heteroatoms. The number of carbonyl (C=O) groups is 1. The van der Waals surface area contributed by atoms with Crippen molar-refractivity contribution >= 4 is 21.6 Å². The van der Waals surface area contributed by atoms with E-state index in [1.165, 1.54) is 4.31 Å². The summed E-state index contributed by atoms with van der Waals surface area (Å²) in [5.74, 6) is 0.0707. The molecule has 1 unspecified atom stereocenters. The molecule has 0 saturated heterocycles. The Morgan fingerprint density at radius 2 is 2.23 bits per heavy atom. The van der Waals surface area contributed by atoms with Gasteiger partial charge in [-0.05, 0) is 31.0 Å². The second-order valence-corrected chi connectivity index (χ2v) is 8.22. The number of sulfonamides is 1. The lowest BCUT2D eigenvalue weighted by molar-refractivity contribution is -0.127. The fourth-order valence-electron chi connectivity index (χ4n) is 2.82. The number of aryl methyl sites for hydroxylation is 2. The highest BCUT2D eigenvalue weighted by molar-refractivity contribution is 7.92. The average molecular weight is 378 g/mol. The van der Waals surface area contributed by atoms with Crippen molar-refractivity contribution in [3.8, 4) is 5.75 Å². The van der Waals surface area contributed by atoms with Crippen LogP contribution < -0.4 is 14.4 Å². The number of imidazole rings is 1. The number of nitrogens with one attached hydrogen (secondary N) is 1. The van der Waals surface area contributed by atoms with Gasteiger partial charge in [-0.15, -0.1) is 0 Å². The molecule has 0 spiro atoms. The van der Waals surface area contributed by atoms with Crippen molar-refractivity contribution in [1.29, 1.82) is 0 Å². The Kier molecular flexibility index (Phi) is 5.17. The van der Waals surface area contributed by atoms with E-state index in [-0.39, 0.29) is 12.5 Å². The van der Waals surface area contributed by atoms with E-state index in [1.54, 1.807) is 24.7 Å². The van der Waals surface area contributed by atoms with E-state index in [4.69, 9.17) is 4.74 Å². The minimum atomic E-state index is -3.51. The first-order valence-electron chi connectivity index (χ1n) is 8.33. The van der Waals surface area contributed by atoms with Gasteiger partial charge in [0.25, 0.3) is 5.91 Å². The van der Waals surface area contributed by atoms with Crippen LogP contribution >= 0.6 is 0 Å². The monoisotopic (exact) mass is 378 g/mol. The number of benzene rings is 1. The molecule has 2 heterocycles. The Morgan fingerprint density at radius 1 is 1.42 bits per heavy atom. The number of aromatic nitrogens is 2. The van der Waals surface area contributed by atoms with Crippen LogP contribution in [-0.4, -0.2) is 49.3 Å². The molecule has 1 atom stereocenters. The van der Waals surface area contributed by atoms with Crippen molar-refractivity contribution in [3.05, 3.63) is 42.5 Å². The summed E-state index contributed by atoms with van der Waals surface area (Å²) in [7, 11) is -3.51. The number of amides is 1. The predicted octanol–water partition coefficient (Wildman–Crippen LogP) is 0.925. The van der Waals surface area contributed by atoms with Crippen molar-refractivity contribution in [2.24, 2.45) is 0 Å². The standard InChI is InChI=1S/C17H22N4O4S/c1-13-4-5-15-14(10-13)21(26(2,23)24)11-16(25-15)17(22)19-6-3-8-20-9-7-18-12-20/h4-5,7,9-10,12,16H,3,6,8,11H2,1-2H3,(H,19,22). The maximum atomic E-state index is 12.4. The Labute approximate surface area is 152 Å². The van der Waals surface area contributed by atoms with Crippen LogP contribution in [0.15, 0.2) is 36.9 Å². The highest BCUT2D eigenvalue weighted by atomic mass is 32.2. The van der Waals surface area contributed by atoms with E-state index < -0.39 is 16.1 Å². The lowest BCUT2D eigenvalue weighted by atomic mass is 10.1. The first-order valence-corrected chi connectivity index (χ1v) is 10.2. The van der Waals surface area contributed by atoms with Crippen molar-refractivity contribution in [3.63, 3.8) is 0 Å². The van der Waals surface area contributed by atoms with Gasteiger partial charge in [-0.1, -0.05) is 6.07 Å². The zero-order valence-corrected chi connectivity index (χ0v) is 15.6. The third-order valence-corrected chi connectivity index (χ3v) is 5.27. The van der Waals surface area contributed by atoms with Crippen LogP contribution in [0.3, 0.4) is 0 Å². The molecule has 2 aromatic rings. The molecule has 0 bridgehead atoms. The highest BCUT2D eigenvalue weighted by Gasteiger charge is 2.34. The van der Waals surface area contributed by atoms with Crippen molar-refractivity contribution in [2.75, 3.05) is 23.7 Å². The fraction of sp³-hybridized carbons (Fsp3) is 0.412. The number of hydrogen-bond acceptors (Lipinski definition) is 5. The van der Waals surface area contributed by atoms with Crippen molar-refractivity contribution < 1.29 is 17.9 Å². The van der Waals surface area contributed by atoms with E-state index in [0.29, 0.717) is 18.0 Å². The SMILES string of the molecule is Cc1ccc2c(c1)N(S(C)(=O)=O)CC(C(=O)NCCCn1ccnc1)O2. The fourth-order valence-corrected chi connectivity index (χ4v) is 3.72. The highest BCUT2D eigenvalue weighted by Crippen LogP contribution is 2.35. The summed E-state index contributed by atoms with van der Waals surface area (Å²) < 4.78 is 33.2. The maximum Gasteiger partial charge on any atom is 0.263 e. The summed E-state index contributed by atoms with van der Waals surface area (Å²) in [6, 6.07) is 5.27. The smallest absolute Gasteiger partial charge is 0.263 e. The van der Waals surface area contributed by atoms with Gasteiger partial charge in [0.15, 0.2) is 6.10 Å². The number of carbonyl (C=O) groups excluding carboxylic acids is 1. The third kappa shape index (κ3) is 4.16. The van der Waals surface area contributed by atoms with Gasteiger partial charge in [0.2, 0.25) is 10.0 Å². The van der Waals surface area contributed by atoms with Crippen molar-refractivity contribution in [1.82, 2.24) is 14.9 Å². The summed E-state index contributed by atoms with van der Waals surface area (Å²) in [6.07, 6.45) is 6.26. The lowest BCUT2D eigenvalue weighted by Gasteiger charge is -2.34. The van der Waals surface area contributed by atoms with E-state index in [0.717, 1.165) is 24.8 Å². The van der Waals surface area contributed by atoms with Gasteiger partial charge in [-0.3, -0.25) is 9.10 Å². The van der Waals surface area contributed by atoms with E-state index in [1.807, 2.05) is 23.8 Å². The molecule has 0 aliphatic carbocycles. The van der Waals surface area contributed by atoms with Crippen LogP contribution in [0.2, 0.25) is 0 Å². The molecule has 1 aromatic carbocycles. The van der Waals surface area contributed by atoms with Gasteiger partial charge in [-0.25, -0.2) is 13.4 Å². The number of anilines is 1. The molecule has 140 valence electrons. The molecule has 0 saturated carbocycles. The normalized spacial score (nSPS) is 16.7. The van der Waals surface area contributed by atoms with Gasteiger partial charge < -0.3 is 14.6 Å². The van der Waals surface area contributed by atoms with Gasteiger partial charge >= 0.3 is 0 Å². The van der Waals surface area contributed by atoms with Crippen LogP contribution in [0.4, 0.5) is 5.69 Å². The minimum Gasteiger partial charge on any atom is -0.476 e. The largest absolute Gasteiger partial charge is 0.476 e. The molecule has 8 nitrogen and oxygen atoms in total. The number of rotatable bonds is 6. The quantitative estimate of drug-likeness (QED) is 0.755. The van der Waals surface area contributed by atoms with Crippen LogP contribution in [-0.2, 0) is 21.4 Å². The molecule has 3 rings (SSSR count). The molecule has 1 aliphatic heterocycles. The molecule has 0 radical (unpaired) electrons. The van der Waals surface area contributed by atoms with E-state index in [9.17, 15) is 13.2 Å². The predicted molar refractivity (Wildman–Crippen MR) is 97.6 cm³/mol. The maximum absolute atomic E-state index is 12.4. The van der Waals surface area contributed by atoms with Crippen molar-refractivity contribution in [2.45, 2.75) is 26.0 Å². The van der Waals surface area contributed by atoms with E-state index in [2.05, 4.69) is 10.3 Å². The zero-order chi connectivity index (χ0) is 18.7.